The first-order valence-corrected chi connectivity index (χ1v) is 13.7. The summed E-state index contributed by atoms with van der Waals surface area (Å²) in [6.07, 6.45) is 9.01. The first kappa shape index (κ1) is 24.6. The van der Waals surface area contributed by atoms with Gasteiger partial charge in [0.2, 0.25) is 0 Å². The SMILES string of the molecule is C=C(C)[C@@H]1CC[C@@H]([C@@H]2[C@@H](O)C[C@]3(C)C4=CC[C@H]5C(C)(C)[C@@H](O)CC[C@]5(C)[C@H]4CC[C@@]23C)C(=O)O1. The Labute approximate surface area is 206 Å². The number of carbonyl (C=O) groups is 1. The van der Waals surface area contributed by atoms with Crippen LogP contribution in [-0.2, 0) is 9.53 Å². The lowest BCUT2D eigenvalue weighted by atomic mass is 9.41. The van der Waals surface area contributed by atoms with Crippen LogP contribution in [0.15, 0.2) is 23.8 Å². The molecular formula is C30H46O4. The Hall–Kier alpha value is -1.13. The molecule has 4 nitrogen and oxygen atoms in total. The number of carbonyl (C=O) groups excluding carboxylic acids is 1. The number of hydrogen-bond donors (Lipinski definition) is 2. The van der Waals surface area contributed by atoms with Crippen LogP contribution in [0.2, 0.25) is 0 Å². The van der Waals surface area contributed by atoms with Gasteiger partial charge in [-0.15, -0.1) is 0 Å². The summed E-state index contributed by atoms with van der Waals surface area (Å²) >= 11 is 0. The third kappa shape index (κ3) is 3.06. The van der Waals surface area contributed by atoms with Crippen molar-refractivity contribution in [1.82, 2.24) is 0 Å². The van der Waals surface area contributed by atoms with Gasteiger partial charge in [-0.25, -0.2) is 0 Å². The second-order valence-electron chi connectivity index (χ2n) is 13.9. The highest BCUT2D eigenvalue weighted by Crippen LogP contribution is 2.73. The van der Waals surface area contributed by atoms with Crippen molar-refractivity contribution in [2.24, 2.45) is 45.3 Å². The molecule has 0 unspecified atom stereocenters. The summed E-state index contributed by atoms with van der Waals surface area (Å²) in [7, 11) is 0. The number of fused-ring (bicyclic) bond motifs is 5. The van der Waals surface area contributed by atoms with Gasteiger partial charge in [0.25, 0.3) is 0 Å². The summed E-state index contributed by atoms with van der Waals surface area (Å²) in [4.78, 5) is 13.2. The van der Waals surface area contributed by atoms with Crippen LogP contribution in [0.5, 0.6) is 0 Å². The van der Waals surface area contributed by atoms with E-state index in [0.29, 0.717) is 11.8 Å². The minimum atomic E-state index is -0.483. The second-order valence-corrected chi connectivity index (χ2v) is 13.9. The van der Waals surface area contributed by atoms with Crippen molar-refractivity contribution < 1.29 is 19.7 Å². The molecule has 0 spiro atoms. The third-order valence-corrected chi connectivity index (χ3v) is 12.2. The van der Waals surface area contributed by atoms with Gasteiger partial charge in [0, 0.05) is 5.92 Å². The number of aliphatic hydroxyl groups is 2. The predicted octanol–water partition coefficient (Wildman–Crippen LogP) is 5.82. The van der Waals surface area contributed by atoms with Crippen molar-refractivity contribution in [3.8, 4) is 0 Å². The Balaban J connectivity index is 1.49. The van der Waals surface area contributed by atoms with Gasteiger partial charge in [-0.05, 0) is 97.4 Å². The molecular weight excluding hydrogens is 424 g/mol. The van der Waals surface area contributed by atoms with E-state index in [4.69, 9.17) is 4.74 Å². The molecule has 0 aromatic carbocycles. The van der Waals surface area contributed by atoms with E-state index < -0.39 is 6.10 Å². The maximum atomic E-state index is 13.2. The summed E-state index contributed by atoms with van der Waals surface area (Å²) in [5.41, 5.74) is 2.31. The molecule has 0 amide bonds. The lowest BCUT2D eigenvalue weighted by molar-refractivity contribution is -0.167. The minimum absolute atomic E-state index is 0.0620. The first-order chi connectivity index (χ1) is 15.8. The van der Waals surface area contributed by atoms with Crippen molar-refractivity contribution >= 4 is 5.97 Å². The maximum Gasteiger partial charge on any atom is 0.309 e. The van der Waals surface area contributed by atoms with E-state index in [1.165, 1.54) is 5.57 Å². The lowest BCUT2D eigenvalue weighted by Gasteiger charge is -2.64. The van der Waals surface area contributed by atoms with E-state index >= 15 is 0 Å². The lowest BCUT2D eigenvalue weighted by Crippen LogP contribution is -2.58. The number of aliphatic hydroxyl groups excluding tert-OH is 2. The van der Waals surface area contributed by atoms with Crippen molar-refractivity contribution in [3.05, 3.63) is 23.8 Å². The standard InChI is InChI=1S/C30H46O4/c1-17(2)22-10-8-18(26(33)34-22)25-21(31)16-30(7)20-9-11-23-27(3,4)24(32)13-14-28(23,5)19(20)12-15-29(25,30)6/h9,18-19,21-25,31-32H,1,8,10-16H2,2-7H3/t18-,19-,21-,22-,23-,24-,25+,28+,29-,30+/m0/s1. The summed E-state index contributed by atoms with van der Waals surface area (Å²) in [5, 5.41) is 22.3. The fourth-order valence-electron chi connectivity index (χ4n) is 9.93. The molecule has 4 fully saturated rings. The normalized spacial score (nSPS) is 52.1. The maximum absolute atomic E-state index is 13.2. The topological polar surface area (TPSA) is 66.8 Å². The molecule has 5 rings (SSSR count). The molecule has 0 bridgehead atoms. The number of esters is 1. The van der Waals surface area contributed by atoms with E-state index in [2.05, 4.69) is 47.3 Å². The molecule has 4 heteroatoms. The van der Waals surface area contributed by atoms with Crippen molar-refractivity contribution in [3.63, 3.8) is 0 Å². The first-order valence-electron chi connectivity index (χ1n) is 13.7. The number of ether oxygens (including phenoxy) is 1. The zero-order valence-electron chi connectivity index (χ0n) is 22.2. The molecule has 2 N–H and O–H groups in total. The summed E-state index contributed by atoms with van der Waals surface area (Å²) in [5.74, 6) is 0.537. The van der Waals surface area contributed by atoms with E-state index in [1.54, 1.807) is 0 Å². The molecule has 1 aliphatic heterocycles. The van der Waals surface area contributed by atoms with Crippen molar-refractivity contribution in [2.45, 2.75) is 111 Å². The van der Waals surface area contributed by atoms with Crippen LogP contribution in [0.25, 0.3) is 0 Å². The van der Waals surface area contributed by atoms with E-state index in [9.17, 15) is 15.0 Å². The molecule has 0 radical (unpaired) electrons. The molecule has 1 heterocycles. The molecule has 34 heavy (non-hydrogen) atoms. The Morgan fingerprint density at radius 3 is 2.41 bits per heavy atom. The van der Waals surface area contributed by atoms with Crippen molar-refractivity contribution in [1.29, 1.82) is 0 Å². The molecule has 3 saturated carbocycles. The zero-order valence-corrected chi connectivity index (χ0v) is 22.2. The highest BCUT2D eigenvalue weighted by Gasteiger charge is 2.68. The Morgan fingerprint density at radius 2 is 1.76 bits per heavy atom. The van der Waals surface area contributed by atoms with Gasteiger partial charge in [0.1, 0.15) is 6.10 Å². The van der Waals surface area contributed by atoms with Crippen molar-refractivity contribution in [2.75, 3.05) is 0 Å². The largest absolute Gasteiger partial charge is 0.458 e. The smallest absolute Gasteiger partial charge is 0.309 e. The number of allylic oxidation sites excluding steroid dienone is 2. The molecule has 190 valence electrons. The summed E-state index contributed by atoms with van der Waals surface area (Å²) < 4.78 is 5.82. The summed E-state index contributed by atoms with van der Waals surface area (Å²) in [6.45, 7) is 17.7. The van der Waals surface area contributed by atoms with Gasteiger partial charge in [-0.3, -0.25) is 4.79 Å². The van der Waals surface area contributed by atoms with Crippen LogP contribution in [0.4, 0.5) is 0 Å². The Kier molecular flexibility index (Phi) is 5.55. The average Bonchev–Trinajstić information content (AvgIpc) is 2.96. The van der Waals surface area contributed by atoms with Gasteiger partial charge >= 0.3 is 5.97 Å². The third-order valence-electron chi connectivity index (χ3n) is 12.2. The zero-order chi connectivity index (χ0) is 24.8. The second kappa shape index (κ2) is 7.68. The summed E-state index contributed by atoms with van der Waals surface area (Å²) in [6, 6.07) is 0. The quantitative estimate of drug-likeness (QED) is 0.394. The Morgan fingerprint density at radius 1 is 1.06 bits per heavy atom. The van der Waals surface area contributed by atoms with Crippen LogP contribution < -0.4 is 0 Å². The average molecular weight is 471 g/mol. The van der Waals surface area contributed by atoms with Gasteiger partial charge in [0.05, 0.1) is 18.1 Å². The fourth-order valence-corrected chi connectivity index (χ4v) is 9.93. The number of rotatable bonds is 2. The van der Waals surface area contributed by atoms with E-state index in [0.717, 1.165) is 56.9 Å². The monoisotopic (exact) mass is 470 g/mol. The van der Waals surface area contributed by atoms with Crippen LogP contribution in [-0.4, -0.2) is 34.5 Å². The molecule has 10 atom stereocenters. The molecule has 0 aromatic heterocycles. The van der Waals surface area contributed by atoms with Crippen LogP contribution in [0, 0.1) is 45.3 Å². The van der Waals surface area contributed by atoms with Gasteiger partial charge in [0.15, 0.2) is 0 Å². The molecule has 1 saturated heterocycles. The van der Waals surface area contributed by atoms with Gasteiger partial charge < -0.3 is 14.9 Å². The van der Waals surface area contributed by atoms with E-state index in [-0.39, 0.29) is 51.7 Å². The van der Waals surface area contributed by atoms with Crippen LogP contribution >= 0.6 is 0 Å². The minimum Gasteiger partial charge on any atom is -0.458 e. The number of cyclic esters (lactones) is 1. The highest BCUT2D eigenvalue weighted by atomic mass is 16.5. The fraction of sp³-hybridized carbons (Fsp3) is 0.833. The van der Waals surface area contributed by atoms with E-state index in [1.807, 2.05) is 6.92 Å². The van der Waals surface area contributed by atoms with Crippen LogP contribution in [0.1, 0.15) is 92.9 Å². The molecule has 5 aliphatic rings. The molecule has 0 aromatic rings. The Bertz CT molecular complexity index is 919. The molecule has 4 aliphatic carbocycles. The highest BCUT2D eigenvalue weighted by molar-refractivity contribution is 5.74. The van der Waals surface area contributed by atoms with Gasteiger partial charge in [-0.1, -0.05) is 52.8 Å². The van der Waals surface area contributed by atoms with Gasteiger partial charge in [-0.2, -0.15) is 0 Å². The van der Waals surface area contributed by atoms with Crippen LogP contribution in [0.3, 0.4) is 0 Å². The number of hydrogen-bond acceptors (Lipinski definition) is 4. The predicted molar refractivity (Wildman–Crippen MR) is 134 cm³/mol.